The molecule has 0 amide bonds. The molecule has 2 aromatic heterocycles. The molecule has 1 N–H and O–H groups in total. The van der Waals surface area contributed by atoms with Crippen LogP contribution in [-0.4, -0.2) is 20.7 Å². The number of para-hydroxylation sites is 2. The monoisotopic (exact) mass is 728 g/mol. The van der Waals surface area contributed by atoms with Gasteiger partial charge in [-0.05, 0) is 75.8 Å². The van der Waals surface area contributed by atoms with Gasteiger partial charge in [0, 0.05) is 44.6 Å². The molecular formula is C53H36N4. The molecule has 0 aliphatic rings. The number of fused-ring (bicyclic) bond motifs is 10. The van der Waals surface area contributed by atoms with Gasteiger partial charge < -0.3 is 9.13 Å². The Hall–Kier alpha value is -7.56. The third-order valence-corrected chi connectivity index (χ3v) is 11.4. The Balaban J connectivity index is 1.15. The summed E-state index contributed by atoms with van der Waals surface area (Å²) in [6.45, 7) is 0. The van der Waals surface area contributed by atoms with Crippen molar-refractivity contribution in [3.05, 3.63) is 217 Å². The average molecular weight is 729 g/mol. The average Bonchev–Trinajstić information content (AvgIpc) is 3.80. The van der Waals surface area contributed by atoms with Crippen molar-refractivity contribution in [3.8, 4) is 11.4 Å². The summed E-state index contributed by atoms with van der Waals surface area (Å²) in [5.41, 5.74) is 10.8. The van der Waals surface area contributed by atoms with Crippen molar-refractivity contribution in [1.82, 2.24) is 9.13 Å². The molecule has 0 unspecified atom stereocenters. The fourth-order valence-corrected chi connectivity index (χ4v) is 8.87. The molecule has 0 radical (unpaired) electrons. The van der Waals surface area contributed by atoms with Crippen molar-refractivity contribution >= 4 is 76.7 Å². The van der Waals surface area contributed by atoms with Gasteiger partial charge in [0.2, 0.25) is 0 Å². The molecule has 9 aromatic carbocycles. The Bertz CT molecular complexity index is 3370. The van der Waals surface area contributed by atoms with Gasteiger partial charge in [0.25, 0.3) is 0 Å². The highest BCUT2D eigenvalue weighted by molar-refractivity contribution is 6.33. The highest BCUT2D eigenvalue weighted by atomic mass is 15.0. The van der Waals surface area contributed by atoms with Crippen LogP contribution >= 0.6 is 0 Å². The van der Waals surface area contributed by atoms with Crippen LogP contribution in [0.2, 0.25) is 0 Å². The third-order valence-electron chi connectivity index (χ3n) is 11.4. The minimum atomic E-state index is 0.258. The Labute approximate surface area is 329 Å². The van der Waals surface area contributed by atoms with Gasteiger partial charge in [-0.3, -0.25) is 5.41 Å². The lowest BCUT2D eigenvalue weighted by atomic mass is 9.98. The topological polar surface area (TPSA) is 46.1 Å². The van der Waals surface area contributed by atoms with Crippen LogP contribution in [0.1, 0.15) is 16.7 Å². The zero-order valence-electron chi connectivity index (χ0n) is 31.1. The summed E-state index contributed by atoms with van der Waals surface area (Å²) < 4.78 is 4.88. The lowest BCUT2D eigenvalue weighted by molar-refractivity contribution is 1.18. The van der Waals surface area contributed by atoms with Gasteiger partial charge in [0.05, 0.1) is 33.5 Å². The summed E-state index contributed by atoms with van der Waals surface area (Å²) in [5, 5.41) is 18.7. The number of aromatic nitrogens is 2. The van der Waals surface area contributed by atoms with E-state index in [1.807, 2.05) is 36.4 Å². The van der Waals surface area contributed by atoms with Crippen molar-refractivity contribution in [2.75, 3.05) is 0 Å². The van der Waals surface area contributed by atoms with Gasteiger partial charge in [-0.25, -0.2) is 4.99 Å². The Kier molecular flexibility index (Phi) is 7.68. The molecule has 268 valence electrons. The molecular weight excluding hydrogens is 693 g/mol. The van der Waals surface area contributed by atoms with Gasteiger partial charge in [0.15, 0.2) is 5.84 Å². The summed E-state index contributed by atoms with van der Waals surface area (Å²) >= 11 is 0. The normalized spacial score (nSPS) is 12.1. The number of hydrogen-bond acceptors (Lipinski definition) is 1. The number of nitrogens with one attached hydrogen (secondary N) is 1. The highest BCUT2D eigenvalue weighted by Gasteiger charge is 2.22. The first-order chi connectivity index (χ1) is 28.2. The lowest BCUT2D eigenvalue weighted by Crippen LogP contribution is -2.09. The molecule has 0 aliphatic carbocycles. The van der Waals surface area contributed by atoms with Crippen molar-refractivity contribution < 1.29 is 0 Å². The van der Waals surface area contributed by atoms with Crippen LogP contribution < -0.4 is 0 Å². The van der Waals surface area contributed by atoms with Crippen LogP contribution in [0.5, 0.6) is 0 Å². The van der Waals surface area contributed by atoms with E-state index >= 15 is 0 Å². The molecule has 2 heterocycles. The van der Waals surface area contributed by atoms with Gasteiger partial charge in [-0.15, -0.1) is 0 Å². The number of amidine groups is 1. The van der Waals surface area contributed by atoms with Crippen molar-refractivity contribution in [1.29, 1.82) is 5.41 Å². The van der Waals surface area contributed by atoms with Crippen LogP contribution in [0.25, 0.3) is 76.5 Å². The molecule has 57 heavy (non-hydrogen) atoms. The van der Waals surface area contributed by atoms with E-state index < -0.39 is 0 Å². The van der Waals surface area contributed by atoms with Gasteiger partial charge in [-0.2, -0.15) is 0 Å². The molecule has 0 spiro atoms. The predicted molar refractivity (Wildman–Crippen MR) is 240 cm³/mol. The number of aliphatic imine (C=N–C) groups is 1. The maximum Gasteiger partial charge on any atom is 0.152 e. The SMILES string of the molecule is N=C(/N=C(\Cc1ccccc1)c1ccc2c(-n3c4ccccc4c4c5c6c7ccccc7ccc6n(-c6ccccc6)c5ccc43)cccc2c1)c1ccccc1. The van der Waals surface area contributed by atoms with E-state index in [0.717, 1.165) is 44.5 Å². The standard InChI is InChI=1S/C53H36N4/c54-53(37-18-6-2-7-19-37)55-44(33-35-15-4-1-5-16-35)39-27-29-41-38(34-39)20-14-26-45(41)57-46-25-13-12-24-43(46)51-48(57)31-32-49-52(51)50-42-23-11-10-17-36(42)28-30-47(50)56(49)40-21-8-3-9-22-40/h1-32,34,54H,33H2/b54-53?,55-44+. The van der Waals surface area contributed by atoms with E-state index in [1.165, 1.54) is 54.4 Å². The second kappa shape index (κ2) is 13.3. The fraction of sp³-hybridized carbons (Fsp3) is 0.0189. The molecule has 0 saturated carbocycles. The molecule has 0 fully saturated rings. The maximum atomic E-state index is 8.93. The number of benzene rings is 9. The van der Waals surface area contributed by atoms with Gasteiger partial charge >= 0.3 is 0 Å². The van der Waals surface area contributed by atoms with Gasteiger partial charge in [-0.1, -0.05) is 152 Å². The molecule has 11 rings (SSSR count). The van der Waals surface area contributed by atoms with E-state index in [0.29, 0.717) is 6.42 Å². The second-order valence-corrected chi connectivity index (χ2v) is 14.7. The van der Waals surface area contributed by atoms with Gasteiger partial charge in [0.1, 0.15) is 0 Å². The second-order valence-electron chi connectivity index (χ2n) is 14.7. The maximum absolute atomic E-state index is 8.93. The number of hydrogen-bond donors (Lipinski definition) is 1. The predicted octanol–water partition coefficient (Wildman–Crippen LogP) is 13.2. The van der Waals surface area contributed by atoms with E-state index in [4.69, 9.17) is 10.4 Å². The van der Waals surface area contributed by atoms with Crippen LogP contribution in [0, 0.1) is 5.41 Å². The fourth-order valence-electron chi connectivity index (χ4n) is 8.87. The van der Waals surface area contributed by atoms with E-state index in [2.05, 4.69) is 173 Å². The molecule has 11 aromatic rings. The van der Waals surface area contributed by atoms with Crippen LogP contribution in [-0.2, 0) is 6.42 Å². The smallest absolute Gasteiger partial charge is 0.152 e. The van der Waals surface area contributed by atoms with Crippen LogP contribution in [0.4, 0.5) is 0 Å². The summed E-state index contributed by atoms with van der Waals surface area (Å²) in [6, 6.07) is 70.9. The molecule has 0 bridgehead atoms. The van der Waals surface area contributed by atoms with E-state index in [1.54, 1.807) is 0 Å². The summed E-state index contributed by atoms with van der Waals surface area (Å²) in [6.07, 6.45) is 0.620. The molecule has 4 heteroatoms. The number of nitrogens with zero attached hydrogens (tertiary/aromatic N) is 3. The van der Waals surface area contributed by atoms with Crippen LogP contribution in [0.3, 0.4) is 0 Å². The van der Waals surface area contributed by atoms with Crippen LogP contribution in [0.15, 0.2) is 205 Å². The van der Waals surface area contributed by atoms with E-state index in [-0.39, 0.29) is 5.84 Å². The third kappa shape index (κ3) is 5.37. The van der Waals surface area contributed by atoms with E-state index in [9.17, 15) is 0 Å². The van der Waals surface area contributed by atoms with Crippen molar-refractivity contribution in [3.63, 3.8) is 0 Å². The zero-order chi connectivity index (χ0) is 37.9. The molecule has 0 atom stereocenters. The number of rotatable bonds is 6. The Morgan fingerprint density at radius 3 is 1.84 bits per heavy atom. The Morgan fingerprint density at radius 1 is 0.421 bits per heavy atom. The molecule has 0 aliphatic heterocycles. The quantitative estimate of drug-likeness (QED) is 0.131. The molecule has 4 nitrogen and oxygen atoms in total. The highest BCUT2D eigenvalue weighted by Crippen LogP contribution is 2.45. The Morgan fingerprint density at radius 2 is 1.04 bits per heavy atom. The molecule has 0 saturated heterocycles. The largest absolute Gasteiger partial charge is 0.309 e. The summed E-state index contributed by atoms with van der Waals surface area (Å²) in [7, 11) is 0. The van der Waals surface area contributed by atoms with Crippen molar-refractivity contribution in [2.24, 2.45) is 4.99 Å². The first kappa shape index (κ1) is 32.8. The van der Waals surface area contributed by atoms with Crippen molar-refractivity contribution in [2.45, 2.75) is 6.42 Å². The minimum absolute atomic E-state index is 0.258. The minimum Gasteiger partial charge on any atom is -0.309 e. The summed E-state index contributed by atoms with van der Waals surface area (Å²) in [5.74, 6) is 0.258. The first-order valence-corrected chi connectivity index (χ1v) is 19.4. The lowest BCUT2D eigenvalue weighted by Gasteiger charge is -2.14. The summed E-state index contributed by atoms with van der Waals surface area (Å²) in [4.78, 5) is 4.97. The zero-order valence-corrected chi connectivity index (χ0v) is 31.1. The first-order valence-electron chi connectivity index (χ1n) is 19.4.